The predicted molar refractivity (Wildman–Crippen MR) is 138 cm³/mol. The van der Waals surface area contributed by atoms with Gasteiger partial charge in [-0.05, 0) is 43.2 Å². The maximum atomic E-state index is 13.5. The molecule has 3 aromatic rings. The molecule has 178 valence electrons. The van der Waals surface area contributed by atoms with E-state index in [0.29, 0.717) is 46.1 Å². The second-order valence-corrected chi connectivity index (χ2v) is 9.10. The quantitative estimate of drug-likeness (QED) is 0.279. The molecular formula is C26H28BrN3O4. The van der Waals surface area contributed by atoms with Crippen LogP contribution in [0.15, 0.2) is 57.4 Å². The fourth-order valence-electron chi connectivity index (χ4n) is 4.29. The summed E-state index contributed by atoms with van der Waals surface area (Å²) in [5.41, 5.74) is 1.20. The van der Waals surface area contributed by atoms with Crippen LogP contribution in [0.3, 0.4) is 0 Å². The van der Waals surface area contributed by atoms with Crippen molar-refractivity contribution >= 4 is 33.0 Å². The lowest BCUT2D eigenvalue weighted by molar-refractivity contribution is 0.301. The number of benzene rings is 2. The highest BCUT2D eigenvalue weighted by Gasteiger charge is 2.22. The minimum Gasteiger partial charge on any atom is -0.493 e. The second-order valence-electron chi connectivity index (χ2n) is 8.18. The predicted octanol–water partition coefficient (Wildman–Crippen LogP) is 5.67. The molecule has 2 aromatic carbocycles. The maximum absolute atomic E-state index is 13.5. The molecule has 0 aliphatic heterocycles. The molecule has 7 nitrogen and oxygen atoms in total. The van der Waals surface area contributed by atoms with E-state index < -0.39 is 0 Å². The first-order chi connectivity index (χ1) is 16.5. The number of halogens is 1. The van der Waals surface area contributed by atoms with Crippen LogP contribution in [0.25, 0.3) is 10.9 Å². The molecule has 0 radical (unpaired) electrons. The van der Waals surface area contributed by atoms with E-state index in [9.17, 15) is 4.79 Å². The lowest BCUT2D eigenvalue weighted by Crippen LogP contribution is -2.25. The number of nitrogens with zero attached hydrogens (tertiary/aromatic N) is 3. The first-order valence-electron chi connectivity index (χ1n) is 11.3. The zero-order valence-corrected chi connectivity index (χ0v) is 21.0. The van der Waals surface area contributed by atoms with E-state index in [-0.39, 0.29) is 11.5 Å². The Hall–Kier alpha value is -3.13. The molecule has 0 amide bonds. The summed E-state index contributed by atoms with van der Waals surface area (Å²) < 4.78 is 19.0. The molecule has 1 saturated carbocycles. The minimum atomic E-state index is -0.187. The Kier molecular flexibility index (Phi) is 7.67. The topological polar surface area (TPSA) is 74.9 Å². The van der Waals surface area contributed by atoms with E-state index in [0.717, 1.165) is 30.2 Å². The van der Waals surface area contributed by atoms with Crippen molar-refractivity contribution in [2.75, 3.05) is 20.8 Å². The van der Waals surface area contributed by atoms with Crippen LogP contribution in [0.1, 0.15) is 49.4 Å². The molecule has 1 aliphatic rings. The number of ether oxygens (including phenoxy) is 3. The van der Waals surface area contributed by atoms with Crippen molar-refractivity contribution in [2.45, 2.75) is 38.0 Å². The third-order valence-electron chi connectivity index (χ3n) is 5.95. The molecule has 4 rings (SSSR count). The molecular weight excluding hydrogens is 498 g/mol. The van der Waals surface area contributed by atoms with Crippen molar-refractivity contribution in [1.29, 1.82) is 0 Å². The van der Waals surface area contributed by atoms with Crippen LogP contribution in [0.4, 0.5) is 0 Å². The lowest BCUT2D eigenvalue weighted by atomic mass is 9.88. The Balaban J connectivity index is 1.81. The highest BCUT2D eigenvalue weighted by atomic mass is 79.9. The molecule has 0 bridgehead atoms. The van der Waals surface area contributed by atoms with Gasteiger partial charge in [0.2, 0.25) is 5.75 Å². The van der Waals surface area contributed by atoms with E-state index >= 15 is 0 Å². The fraction of sp³-hybridized carbons (Fsp3) is 0.346. The Morgan fingerprint density at radius 3 is 2.50 bits per heavy atom. The van der Waals surface area contributed by atoms with Gasteiger partial charge in [0.15, 0.2) is 11.5 Å². The number of fused-ring (bicyclic) bond motifs is 1. The zero-order valence-electron chi connectivity index (χ0n) is 19.4. The molecule has 8 heteroatoms. The number of methoxy groups -OCH3 is 2. The van der Waals surface area contributed by atoms with Gasteiger partial charge in [0, 0.05) is 16.0 Å². The highest BCUT2D eigenvalue weighted by Crippen LogP contribution is 2.38. The molecule has 0 spiro atoms. The average Bonchev–Trinajstić information content (AvgIpc) is 2.87. The summed E-state index contributed by atoms with van der Waals surface area (Å²) in [5, 5.41) is 5.13. The lowest BCUT2D eigenvalue weighted by Gasteiger charge is -2.22. The van der Waals surface area contributed by atoms with E-state index in [1.807, 2.05) is 12.1 Å². The van der Waals surface area contributed by atoms with E-state index in [2.05, 4.69) is 27.6 Å². The second kappa shape index (κ2) is 10.9. The van der Waals surface area contributed by atoms with Crippen molar-refractivity contribution in [2.24, 2.45) is 5.10 Å². The third kappa shape index (κ3) is 5.01. The molecule has 34 heavy (non-hydrogen) atoms. The van der Waals surface area contributed by atoms with Gasteiger partial charge in [-0.15, -0.1) is 0 Å². The minimum absolute atomic E-state index is 0.187. The van der Waals surface area contributed by atoms with Crippen LogP contribution in [0.2, 0.25) is 0 Å². The van der Waals surface area contributed by atoms with Gasteiger partial charge in [-0.25, -0.2) is 4.98 Å². The van der Waals surface area contributed by atoms with E-state index in [1.165, 1.54) is 11.1 Å². The summed E-state index contributed by atoms with van der Waals surface area (Å²) in [7, 11) is 3.13. The van der Waals surface area contributed by atoms with Crippen LogP contribution < -0.4 is 19.8 Å². The first kappa shape index (κ1) is 24.0. The van der Waals surface area contributed by atoms with Crippen LogP contribution in [0, 0.1) is 0 Å². The molecule has 1 fully saturated rings. The van der Waals surface area contributed by atoms with Crippen LogP contribution in [-0.4, -0.2) is 36.7 Å². The van der Waals surface area contributed by atoms with Crippen molar-refractivity contribution in [3.8, 4) is 17.2 Å². The Bertz CT molecular complexity index is 1250. The summed E-state index contributed by atoms with van der Waals surface area (Å²) in [6.45, 7) is 4.00. The molecule has 1 heterocycles. The smallest absolute Gasteiger partial charge is 0.282 e. The molecule has 0 N–H and O–H groups in total. The van der Waals surface area contributed by atoms with Crippen LogP contribution in [-0.2, 0) is 0 Å². The summed E-state index contributed by atoms with van der Waals surface area (Å²) in [4.78, 5) is 18.4. The number of aromatic nitrogens is 2. The Morgan fingerprint density at radius 1 is 1.15 bits per heavy atom. The van der Waals surface area contributed by atoms with Crippen LogP contribution >= 0.6 is 15.9 Å². The summed E-state index contributed by atoms with van der Waals surface area (Å²) in [5.74, 6) is 2.40. The van der Waals surface area contributed by atoms with E-state index in [1.54, 1.807) is 44.7 Å². The largest absolute Gasteiger partial charge is 0.493 e. The Labute approximate surface area is 207 Å². The normalized spacial score (nSPS) is 14.4. The van der Waals surface area contributed by atoms with E-state index in [4.69, 9.17) is 19.2 Å². The third-order valence-corrected chi connectivity index (χ3v) is 6.45. The van der Waals surface area contributed by atoms with Gasteiger partial charge >= 0.3 is 0 Å². The number of hydrogen-bond acceptors (Lipinski definition) is 6. The van der Waals surface area contributed by atoms with Gasteiger partial charge in [0.25, 0.3) is 5.56 Å². The number of hydrogen-bond donors (Lipinski definition) is 0. The maximum Gasteiger partial charge on any atom is 0.282 e. The average molecular weight is 526 g/mol. The molecule has 1 aliphatic carbocycles. The number of rotatable bonds is 8. The highest BCUT2D eigenvalue weighted by molar-refractivity contribution is 9.10. The van der Waals surface area contributed by atoms with Crippen molar-refractivity contribution in [3.63, 3.8) is 0 Å². The fourth-order valence-corrected chi connectivity index (χ4v) is 4.65. The van der Waals surface area contributed by atoms with Crippen LogP contribution in [0.5, 0.6) is 17.2 Å². The zero-order chi connectivity index (χ0) is 24.1. The standard InChI is InChI=1S/C26H28BrN3O4/c1-4-12-34-24-22(32-2)13-17(14-23(24)33-3)16-28-30-25(18-8-6-5-7-9-18)29-21-11-10-19(27)15-20(21)26(30)31/h4,10-11,13-16,18H,1,5-9,12H2,2-3H3. The van der Waals surface area contributed by atoms with Gasteiger partial charge in [-0.3, -0.25) is 4.79 Å². The van der Waals surface area contributed by atoms with Gasteiger partial charge < -0.3 is 14.2 Å². The van der Waals surface area contributed by atoms with Gasteiger partial charge in [-0.1, -0.05) is 47.8 Å². The summed E-state index contributed by atoms with van der Waals surface area (Å²) in [6, 6.07) is 9.15. The summed E-state index contributed by atoms with van der Waals surface area (Å²) in [6.07, 6.45) is 8.75. The summed E-state index contributed by atoms with van der Waals surface area (Å²) >= 11 is 3.46. The van der Waals surface area contributed by atoms with Crippen molar-refractivity contribution in [3.05, 3.63) is 69.2 Å². The van der Waals surface area contributed by atoms with Crippen molar-refractivity contribution in [1.82, 2.24) is 9.66 Å². The van der Waals surface area contributed by atoms with Crippen molar-refractivity contribution < 1.29 is 14.2 Å². The molecule has 0 saturated heterocycles. The van der Waals surface area contributed by atoms with Gasteiger partial charge in [0.1, 0.15) is 12.4 Å². The monoisotopic (exact) mass is 525 g/mol. The first-order valence-corrected chi connectivity index (χ1v) is 12.1. The van der Waals surface area contributed by atoms with Gasteiger partial charge in [0.05, 0.1) is 31.3 Å². The SMILES string of the molecule is C=CCOc1c(OC)cc(C=Nn2c(C3CCCCC3)nc3ccc(Br)cc3c2=O)cc1OC. The molecule has 0 unspecified atom stereocenters. The molecule has 1 aromatic heterocycles. The molecule has 0 atom stereocenters. The van der Waals surface area contributed by atoms with Gasteiger partial charge in [-0.2, -0.15) is 9.78 Å². The Morgan fingerprint density at radius 2 is 1.85 bits per heavy atom.